The minimum atomic E-state index is -2.57. The van der Waals surface area contributed by atoms with E-state index in [9.17, 15) is 24.6 Å². The molecule has 47 heavy (non-hydrogen) atoms. The lowest BCUT2D eigenvalue weighted by atomic mass is 9.83. The van der Waals surface area contributed by atoms with Crippen molar-refractivity contribution in [2.45, 2.75) is 155 Å². The molecule has 2 heterocycles. The standard InChI is InChI=1S/C37H64O9Si/c1-13-29(43-10)26(5)34-35(46-34)32(40)23(2)15-14-16-24(3)33-25(4)17-18-30(44-27(6)38)37(9,41)20-19-28(21-31(39)45-33)22-36(7,8)47(11,12)42/h14-18,23,25-26,28-30,32-35,40-42H,13,19-22H2,1-12H3/b15-14+,18-17+,24-16+/t23-,25+,26-,28-,29+,30+,32+,33?,34-,35-,37-/m1/s1. The molecule has 0 saturated carbocycles. The van der Waals surface area contributed by atoms with Crippen LogP contribution in [0.3, 0.4) is 0 Å². The Labute approximate surface area is 284 Å². The molecule has 1 fully saturated rings. The smallest absolute Gasteiger partial charge is 0.306 e. The summed E-state index contributed by atoms with van der Waals surface area (Å²) < 4.78 is 23.1. The van der Waals surface area contributed by atoms with E-state index >= 15 is 0 Å². The molecule has 0 aliphatic carbocycles. The third-order valence-electron chi connectivity index (χ3n) is 10.7. The van der Waals surface area contributed by atoms with Gasteiger partial charge in [0.1, 0.15) is 23.9 Å². The van der Waals surface area contributed by atoms with Gasteiger partial charge in [-0.3, -0.25) is 9.59 Å². The summed E-state index contributed by atoms with van der Waals surface area (Å²) in [5.74, 6) is -1.27. The quantitative estimate of drug-likeness (QED) is 0.0677. The molecule has 10 heteroatoms. The van der Waals surface area contributed by atoms with Gasteiger partial charge in [0.15, 0.2) is 8.32 Å². The largest absolute Gasteiger partial charge is 0.457 e. The lowest BCUT2D eigenvalue weighted by Crippen LogP contribution is -2.43. The SMILES string of the molecule is CC[C@H](OC)[C@@H](C)[C@H]1O[C@@H]1[C@@H](O)[C@H](C)/C=C/C=C(\C)C1OC(=O)C[C@H](CC(C)(C)[Si](C)(C)O)CC[C@@](C)(O)[C@@H](OC(C)=O)/C=C/[C@@H]1C. The zero-order valence-corrected chi connectivity index (χ0v) is 32.0. The van der Waals surface area contributed by atoms with Gasteiger partial charge < -0.3 is 34.0 Å². The van der Waals surface area contributed by atoms with Gasteiger partial charge in [-0.05, 0) is 75.2 Å². The van der Waals surface area contributed by atoms with E-state index in [-0.39, 0.29) is 59.4 Å². The van der Waals surface area contributed by atoms with Crippen LogP contribution < -0.4 is 0 Å². The van der Waals surface area contributed by atoms with Gasteiger partial charge in [-0.25, -0.2) is 0 Å². The van der Waals surface area contributed by atoms with E-state index < -0.39 is 38.2 Å². The van der Waals surface area contributed by atoms with Crippen molar-refractivity contribution in [3.63, 3.8) is 0 Å². The molecular formula is C37H64O9Si. The average molecular weight is 681 g/mol. The molecule has 0 aromatic rings. The number of carbonyl (C=O) groups excluding carboxylic acids is 2. The summed E-state index contributed by atoms with van der Waals surface area (Å²) in [6.45, 7) is 20.8. The van der Waals surface area contributed by atoms with Crippen molar-refractivity contribution in [2.75, 3.05) is 7.11 Å². The summed E-state index contributed by atoms with van der Waals surface area (Å²) in [4.78, 5) is 36.5. The van der Waals surface area contributed by atoms with Crippen LogP contribution in [0.15, 0.2) is 36.0 Å². The number of methoxy groups -OCH3 is 1. The third-order valence-corrected chi connectivity index (χ3v) is 14.2. The molecule has 0 aromatic carbocycles. The third kappa shape index (κ3) is 11.9. The first-order valence-electron chi connectivity index (χ1n) is 17.4. The number of hydrogen-bond acceptors (Lipinski definition) is 9. The number of hydrogen-bond donors (Lipinski definition) is 3. The van der Waals surface area contributed by atoms with Gasteiger partial charge in [0.05, 0.1) is 18.3 Å². The predicted octanol–water partition coefficient (Wildman–Crippen LogP) is 6.27. The highest BCUT2D eigenvalue weighted by Crippen LogP contribution is 2.44. The van der Waals surface area contributed by atoms with Crippen molar-refractivity contribution in [2.24, 2.45) is 23.7 Å². The van der Waals surface area contributed by atoms with Crippen LogP contribution in [0.5, 0.6) is 0 Å². The number of aliphatic hydroxyl groups excluding tert-OH is 1. The van der Waals surface area contributed by atoms with Gasteiger partial charge >= 0.3 is 11.9 Å². The molecule has 11 atom stereocenters. The molecule has 0 radical (unpaired) electrons. The highest BCUT2D eigenvalue weighted by molar-refractivity contribution is 6.72. The summed E-state index contributed by atoms with van der Waals surface area (Å²) in [6.07, 6.45) is 9.27. The van der Waals surface area contributed by atoms with Crippen molar-refractivity contribution < 1.29 is 43.5 Å². The van der Waals surface area contributed by atoms with Crippen molar-refractivity contribution in [1.82, 2.24) is 0 Å². The minimum absolute atomic E-state index is 0.0388. The lowest BCUT2D eigenvalue weighted by molar-refractivity contribution is -0.156. The molecule has 0 spiro atoms. The molecule has 3 N–H and O–H groups in total. The summed E-state index contributed by atoms with van der Waals surface area (Å²) in [7, 11) is -0.868. The number of cyclic esters (lactones) is 1. The summed E-state index contributed by atoms with van der Waals surface area (Å²) in [5.41, 5.74) is -0.551. The summed E-state index contributed by atoms with van der Waals surface area (Å²) in [6, 6.07) is 0. The van der Waals surface area contributed by atoms with E-state index in [4.69, 9.17) is 18.9 Å². The van der Waals surface area contributed by atoms with Gasteiger partial charge in [-0.2, -0.15) is 0 Å². The van der Waals surface area contributed by atoms with Crippen LogP contribution in [0.25, 0.3) is 0 Å². The Kier molecular flexibility index (Phi) is 15.1. The second kappa shape index (κ2) is 17.2. The molecule has 2 aliphatic heterocycles. The molecular weight excluding hydrogens is 616 g/mol. The number of epoxide rings is 1. The highest BCUT2D eigenvalue weighted by Gasteiger charge is 2.50. The number of aliphatic hydroxyl groups is 2. The lowest BCUT2D eigenvalue weighted by Gasteiger charge is -2.39. The van der Waals surface area contributed by atoms with Crippen molar-refractivity contribution >= 4 is 20.3 Å². The van der Waals surface area contributed by atoms with E-state index in [1.807, 2.05) is 72.0 Å². The summed E-state index contributed by atoms with van der Waals surface area (Å²) >= 11 is 0. The predicted molar refractivity (Wildman–Crippen MR) is 187 cm³/mol. The Morgan fingerprint density at radius 1 is 1.21 bits per heavy atom. The topological polar surface area (TPSA) is 135 Å². The van der Waals surface area contributed by atoms with Crippen LogP contribution in [0.1, 0.15) is 94.4 Å². The molecule has 1 saturated heterocycles. The molecule has 0 amide bonds. The van der Waals surface area contributed by atoms with E-state index in [2.05, 4.69) is 13.8 Å². The Morgan fingerprint density at radius 3 is 2.40 bits per heavy atom. The Hall–Kier alpha value is -1.82. The van der Waals surface area contributed by atoms with Gasteiger partial charge in [0, 0.05) is 38.2 Å². The molecule has 270 valence electrons. The fraction of sp³-hybridized carbons (Fsp3) is 0.784. The number of allylic oxidation sites excluding steroid dienone is 2. The van der Waals surface area contributed by atoms with Gasteiger partial charge in [0.25, 0.3) is 0 Å². The van der Waals surface area contributed by atoms with Gasteiger partial charge in [-0.1, -0.05) is 65.8 Å². The average Bonchev–Trinajstić information content (AvgIpc) is 3.76. The van der Waals surface area contributed by atoms with Crippen LogP contribution >= 0.6 is 0 Å². The maximum Gasteiger partial charge on any atom is 0.306 e. The Bertz CT molecular complexity index is 1120. The molecule has 0 aromatic heterocycles. The van der Waals surface area contributed by atoms with Gasteiger partial charge in [-0.15, -0.1) is 0 Å². The van der Waals surface area contributed by atoms with E-state index in [0.717, 1.165) is 12.0 Å². The first-order chi connectivity index (χ1) is 21.6. The van der Waals surface area contributed by atoms with Crippen LogP contribution in [0, 0.1) is 23.7 Å². The zero-order valence-electron chi connectivity index (χ0n) is 31.0. The van der Waals surface area contributed by atoms with Crippen molar-refractivity contribution in [3.8, 4) is 0 Å². The minimum Gasteiger partial charge on any atom is -0.457 e. The second-order valence-electron chi connectivity index (χ2n) is 15.5. The van der Waals surface area contributed by atoms with E-state index in [1.54, 1.807) is 20.1 Å². The number of ether oxygens (including phenoxy) is 4. The monoisotopic (exact) mass is 680 g/mol. The fourth-order valence-electron chi connectivity index (χ4n) is 6.55. The van der Waals surface area contributed by atoms with Crippen molar-refractivity contribution in [1.29, 1.82) is 0 Å². The van der Waals surface area contributed by atoms with Gasteiger partial charge in [0.2, 0.25) is 0 Å². The maximum atomic E-state index is 13.5. The number of rotatable bonds is 13. The van der Waals surface area contributed by atoms with E-state index in [0.29, 0.717) is 19.3 Å². The zero-order chi connectivity index (χ0) is 35.9. The molecule has 1 unspecified atom stereocenters. The second-order valence-corrected chi connectivity index (χ2v) is 20.0. The highest BCUT2D eigenvalue weighted by atomic mass is 28.4. The van der Waals surface area contributed by atoms with Crippen LogP contribution in [0.4, 0.5) is 0 Å². The molecule has 9 nitrogen and oxygen atoms in total. The van der Waals surface area contributed by atoms with Crippen LogP contribution in [-0.4, -0.2) is 84.6 Å². The molecule has 2 aliphatic rings. The van der Waals surface area contributed by atoms with E-state index in [1.165, 1.54) is 6.92 Å². The Balaban J connectivity index is 2.31. The van der Waals surface area contributed by atoms with Crippen LogP contribution in [0.2, 0.25) is 18.1 Å². The Morgan fingerprint density at radius 2 is 1.85 bits per heavy atom. The first kappa shape index (κ1) is 41.3. The number of esters is 2. The van der Waals surface area contributed by atoms with Crippen LogP contribution in [-0.2, 0) is 28.5 Å². The fourth-order valence-corrected chi connectivity index (χ4v) is 7.33. The maximum absolute atomic E-state index is 13.5. The number of carbonyl (C=O) groups is 2. The first-order valence-corrected chi connectivity index (χ1v) is 20.3. The summed E-state index contributed by atoms with van der Waals surface area (Å²) in [5, 5.41) is 22.1. The molecule has 2 rings (SSSR count). The van der Waals surface area contributed by atoms with Crippen molar-refractivity contribution in [3.05, 3.63) is 36.0 Å². The normalized spacial score (nSPS) is 33.2. The molecule has 0 bridgehead atoms.